The summed E-state index contributed by atoms with van der Waals surface area (Å²) in [6.07, 6.45) is 8.13. The third kappa shape index (κ3) is 7.80. The highest BCUT2D eigenvalue weighted by atomic mass is 16.3. The summed E-state index contributed by atoms with van der Waals surface area (Å²) < 4.78 is 0. The fourth-order valence-electron chi connectivity index (χ4n) is 1.80. The number of aliphatic hydroxyl groups is 1. The zero-order valence-corrected chi connectivity index (χ0v) is 10.8. The number of rotatable bonds is 10. The summed E-state index contributed by atoms with van der Waals surface area (Å²) in [6.45, 7) is 8.62. The molecule has 0 rings (SSSR count). The molecule has 0 spiro atoms. The second-order valence-corrected chi connectivity index (χ2v) is 4.34. The Bertz CT molecular complexity index is 118. The van der Waals surface area contributed by atoms with Crippen LogP contribution in [-0.4, -0.2) is 29.3 Å². The fraction of sp³-hybridized carbons (Fsp3) is 1.00. The smallest absolute Gasteiger partial charge is 0.107 e. The van der Waals surface area contributed by atoms with Crippen LogP contribution in [0.4, 0.5) is 0 Å². The molecule has 0 aliphatic heterocycles. The highest BCUT2D eigenvalue weighted by molar-refractivity contribution is 4.61. The van der Waals surface area contributed by atoms with Crippen molar-refractivity contribution in [3.05, 3.63) is 0 Å². The minimum Gasteiger partial charge on any atom is -0.378 e. The van der Waals surface area contributed by atoms with Crippen LogP contribution in [0.5, 0.6) is 0 Å². The largest absolute Gasteiger partial charge is 0.378 e. The Hall–Kier alpha value is -0.0800. The van der Waals surface area contributed by atoms with E-state index in [1.165, 1.54) is 38.5 Å². The van der Waals surface area contributed by atoms with Gasteiger partial charge in [0.05, 0.1) is 0 Å². The summed E-state index contributed by atoms with van der Waals surface area (Å²) in [5, 5.41) is 9.84. The van der Waals surface area contributed by atoms with Crippen LogP contribution in [0, 0.1) is 0 Å². The van der Waals surface area contributed by atoms with Crippen LogP contribution < -0.4 is 0 Å². The van der Waals surface area contributed by atoms with Crippen molar-refractivity contribution in [2.24, 2.45) is 0 Å². The van der Waals surface area contributed by atoms with Gasteiger partial charge in [0.25, 0.3) is 0 Å². The predicted molar refractivity (Wildman–Crippen MR) is 66.9 cm³/mol. The Morgan fingerprint density at radius 3 is 1.67 bits per heavy atom. The molecule has 1 atom stereocenters. The Morgan fingerprint density at radius 1 is 0.867 bits per heavy atom. The van der Waals surface area contributed by atoms with Gasteiger partial charge in [0.1, 0.15) is 6.23 Å². The molecule has 0 aromatic rings. The van der Waals surface area contributed by atoms with Crippen LogP contribution in [0.1, 0.15) is 65.7 Å². The first-order chi connectivity index (χ1) is 7.26. The Kier molecular flexibility index (Phi) is 10.4. The molecule has 0 aromatic carbocycles. The zero-order valence-electron chi connectivity index (χ0n) is 10.8. The predicted octanol–water partition coefficient (Wildman–Crippen LogP) is 3.40. The van der Waals surface area contributed by atoms with Crippen LogP contribution in [-0.2, 0) is 0 Å². The lowest BCUT2D eigenvalue weighted by molar-refractivity contribution is -0.000870. The summed E-state index contributed by atoms with van der Waals surface area (Å²) in [4.78, 5) is 2.24. The van der Waals surface area contributed by atoms with Crippen molar-refractivity contribution in [1.82, 2.24) is 4.90 Å². The molecular formula is C13H29NO. The molecule has 0 unspecified atom stereocenters. The molecule has 0 fully saturated rings. The van der Waals surface area contributed by atoms with E-state index < -0.39 is 0 Å². The molecule has 2 nitrogen and oxygen atoms in total. The van der Waals surface area contributed by atoms with Crippen LogP contribution in [0.25, 0.3) is 0 Å². The van der Waals surface area contributed by atoms with Crippen molar-refractivity contribution in [2.75, 3.05) is 13.1 Å². The van der Waals surface area contributed by atoms with E-state index in [1.54, 1.807) is 0 Å². The maximum atomic E-state index is 9.84. The molecule has 0 aliphatic rings. The van der Waals surface area contributed by atoms with Crippen molar-refractivity contribution in [1.29, 1.82) is 0 Å². The summed E-state index contributed by atoms with van der Waals surface area (Å²) in [5.74, 6) is 0. The standard InChI is InChI=1S/C13H29NO/c1-4-7-9-11-14(13(15)6-3)12-10-8-5-2/h13,15H,4-12H2,1-3H3/t13-/m1/s1. The average Bonchev–Trinajstić information content (AvgIpc) is 2.26. The molecule has 0 aliphatic carbocycles. The van der Waals surface area contributed by atoms with Crippen LogP contribution in [0.15, 0.2) is 0 Å². The van der Waals surface area contributed by atoms with Gasteiger partial charge in [-0.25, -0.2) is 0 Å². The van der Waals surface area contributed by atoms with Gasteiger partial charge in [0.15, 0.2) is 0 Å². The van der Waals surface area contributed by atoms with Gasteiger partial charge in [-0.15, -0.1) is 0 Å². The van der Waals surface area contributed by atoms with E-state index in [9.17, 15) is 5.11 Å². The normalized spacial score (nSPS) is 13.4. The van der Waals surface area contributed by atoms with Gasteiger partial charge in [0.2, 0.25) is 0 Å². The number of aliphatic hydroxyl groups excluding tert-OH is 1. The minimum absolute atomic E-state index is 0.223. The molecule has 0 radical (unpaired) electrons. The van der Waals surface area contributed by atoms with Gasteiger partial charge in [-0.1, -0.05) is 46.5 Å². The van der Waals surface area contributed by atoms with E-state index in [-0.39, 0.29) is 6.23 Å². The molecule has 92 valence electrons. The maximum absolute atomic E-state index is 9.84. The minimum atomic E-state index is -0.223. The first kappa shape index (κ1) is 14.9. The molecule has 0 bridgehead atoms. The lowest BCUT2D eigenvalue weighted by Crippen LogP contribution is -2.36. The van der Waals surface area contributed by atoms with E-state index in [0.29, 0.717) is 0 Å². The molecule has 0 saturated heterocycles. The molecule has 2 heteroatoms. The second kappa shape index (κ2) is 10.4. The van der Waals surface area contributed by atoms with Crippen molar-refractivity contribution >= 4 is 0 Å². The maximum Gasteiger partial charge on any atom is 0.107 e. The van der Waals surface area contributed by atoms with Gasteiger partial charge in [-0.2, -0.15) is 0 Å². The molecule has 0 heterocycles. The van der Waals surface area contributed by atoms with E-state index in [4.69, 9.17) is 0 Å². The third-order valence-corrected chi connectivity index (χ3v) is 2.88. The lowest BCUT2D eigenvalue weighted by atomic mass is 10.2. The average molecular weight is 215 g/mol. The first-order valence-corrected chi connectivity index (χ1v) is 6.68. The molecule has 0 saturated carbocycles. The quantitative estimate of drug-likeness (QED) is 0.446. The highest BCUT2D eigenvalue weighted by Gasteiger charge is 2.12. The number of unbranched alkanes of at least 4 members (excludes halogenated alkanes) is 4. The van der Waals surface area contributed by atoms with Gasteiger partial charge < -0.3 is 5.11 Å². The van der Waals surface area contributed by atoms with Crippen LogP contribution in [0.3, 0.4) is 0 Å². The van der Waals surface area contributed by atoms with E-state index in [2.05, 4.69) is 25.7 Å². The summed E-state index contributed by atoms with van der Waals surface area (Å²) in [6, 6.07) is 0. The lowest BCUT2D eigenvalue weighted by Gasteiger charge is -2.27. The van der Waals surface area contributed by atoms with E-state index >= 15 is 0 Å². The number of hydrogen-bond acceptors (Lipinski definition) is 2. The van der Waals surface area contributed by atoms with E-state index in [0.717, 1.165) is 19.5 Å². The second-order valence-electron chi connectivity index (χ2n) is 4.34. The van der Waals surface area contributed by atoms with Crippen LogP contribution >= 0.6 is 0 Å². The van der Waals surface area contributed by atoms with Gasteiger partial charge in [-0.05, 0) is 19.3 Å². The molecule has 0 amide bonds. The first-order valence-electron chi connectivity index (χ1n) is 6.68. The van der Waals surface area contributed by atoms with E-state index in [1.807, 2.05) is 0 Å². The molecule has 15 heavy (non-hydrogen) atoms. The highest BCUT2D eigenvalue weighted by Crippen LogP contribution is 2.07. The van der Waals surface area contributed by atoms with Crippen molar-refractivity contribution in [3.8, 4) is 0 Å². The monoisotopic (exact) mass is 215 g/mol. The molecule has 0 aromatic heterocycles. The molecular weight excluding hydrogens is 186 g/mol. The van der Waals surface area contributed by atoms with Crippen LogP contribution in [0.2, 0.25) is 0 Å². The third-order valence-electron chi connectivity index (χ3n) is 2.88. The summed E-state index contributed by atoms with van der Waals surface area (Å²) in [7, 11) is 0. The Morgan fingerprint density at radius 2 is 1.33 bits per heavy atom. The summed E-state index contributed by atoms with van der Waals surface area (Å²) >= 11 is 0. The fourth-order valence-corrected chi connectivity index (χ4v) is 1.80. The van der Waals surface area contributed by atoms with Gasteiger partial charge in [-0.3, -0.25) is 4.90 Å². The van der Waals surface area contributed by atoms with Crippen molar-refractivity contribution < 1.29 is 5.11 Å². The number of hydrogen-bond donors (Lipinski definition) is 1. The van der Waals surface area contributed by atoms with Crippen molar-refractivity contribution in [2.45, 2.75) is 71.9 Å². The molecule has 1 N–H and O–H groups in total. The Labute approximate surface area is 95.7 Å². The Balaban J connectivity index is 3.73. The summed E-state index contributed by atoms with van der Waals surface area (Å²) in [5.41, 5.74) is 0. The zero-order chi connectivity index (χ0) is 11.5. The van der Waals surface area contributed by atoms with Crippen molar-refractivity contribution in [3.63, 3.8) is 0 Å². The number of nitrogens with zero attached hydrogens (tertiary/aromatic N) is 1. The van der Waals surface area contributed by atoms with Gasteiger partial charge in [0, 0.05) is 13.1 Å². The van der Waals surface area contributed by atoms with Gasteiger partial charge >= 0.3 is 0 Å². The topological polar surface area (TPSA) is 23.5 Å². The SMILES string of the molecule is CCCCCN(CCCCC)[C@H](O)CC.